The molecule has 3 amide bonds. The monoisotopic (exact) mass is 373 g/mol. The number of benzene rings is 2. The Morgan fingerprint density at radius 3 is 2.50 bits per heavy atom. The first kappa shape index (κ1) is 16.7. The van der Waals surface area contributed by atoms with Crippen molar-refractivity contribution in [3.8, 4) is 0 Å². The molecule has 1 atom stereocenters. The molecule has 0 saturated carbocycles. The van der Waals surface area contributed by atoms with Crippen LogP contribution in [0.2, 0.25) is 0 Å². The Balaban J connectivity index is 1.63. The summed E-state index contributed by atoms with van der Waals surface area (Å²) in [4.78, 5) is 44.4. The van der Waals surface area contributed by atoms with Gasteiger partial charge in [-0.15, -0.1) is 0 Å². The first-order chi connectivity index (χ1) is 13.4. The molecule has 0 radical (unpaired) electrons. The van der Waals surface area contributed by atoms with Gasteiger partial charge in [0.25, 0.3) is 5.91 Å². The van der Waals surface area contributed by atoms with Crippen LogP contribution in [0.25, 0.3) is 10.9 Å². The number of ketones is 1. The Morgan fingerprint density at radius 2 is 1.79 bits per heavy atom. The highest BCUT2D eigenvalue weighted by atomic mass is 16.2. The van der Waals surface area contributed by atoms with E-state index in [1.54, 1.807) is 29.2 Å². The predicted octanol–water partition coefficient (Wildman–Crippen LogP) is 3.61. The topological polar surface area (TPSA) is 73.5 Å². The summed E-state index contributed by atoms with van der Waals surface area (Å²) in [5.74, 6) is -0.335. The van der Waals surface area contributed by atoms with Crippen LogP contribution in [0, 0.1) is 0 Å². The standard InChI is InChI=1S/C22H19N3O3/c1-13(26)14-7-9-15(10-8-14)25-20(27)22(2)19-17(11-12-24(22)21(25)28)16-5-3-4-6-18(16)23-19/h3-10,23H,11-12H2,1-2H3. The van der Waals surface area contributed by atoms with Crippen molar-refractivity contribution < 1.29 is 14.4 Å². The van der Waals surface area contributed by atoms with Crippen molar-refractivity contribution in [2.75, 3.05) is 11.4 Å². The number of aromatic nitrogens is 1. The minimum atomic E-state index is -1.07. The Bertz CT molecular complexity index is 1160. The van der Waals surface area contributed by atoms with E-state index in [0.29, 0.717) is 24.2 Å². The normalized spacial score (nSPS) is 21.2. The second-order valence-electron chi connectivity index (χ2n) is 7.52. The number of nitrogens with zero attached hydrogens (tertiary/aromatic N) is 2. The predicted molar refractivity (Wildman–Crippen MR) is 105 cm³/mol. The molecule has 28 heavy (non-hydrogen) atoms. The van der Waals surface area contributed by atoms with Gasteiger partial charge in [0.2, 0.25) is 0 Å². The van der Waals surface area contributed by atoms with E-state index >= 15 is 0 Å². The molecule has 1 unspecified atom stereocenters. The van der Waals surface area contributed by atoms with Crippen LogP contribution in [0.3, 0.4) is 0 Å². The SMILES string of the molecule is CC(=O)c1ccc(N2C(=O)N3CCc4c([nH]c5ccccc45)C3(C)C2=O)cc1. The van der Waals surface area contributed by atoms with Crippen molar-refractivity contribution in [2.24, 2.45) is 0 Å². The van der Waals surface area contributed by atoms with Gasteiger partial charge in [0.05, 0.1) is 11.4 Å². The van der Waals surface area contributed by atoms with Crippen molar-refractivity contribution in [2.45, 2.75) is 25.8 Å². The number of nitrogens with one attached hydrogen (secondary N) is 1. The largest absolute Gasteiger partial charge is 0.356 e. The summed E-state index contributed by atoms with van der Waals surface area (Å²) in [5, 5.41) is 1.10. The zero-order chi connectivity index (χ0) is 19.6. The van der Waals surface area contributed by atoms with Crippen molar-refractivity contribution >= 4 is 34.3 Å². The third kappa shape index (κ3) is 2.00. The number of carbonyl (C=O) groups is 3. The van der Waals surface area contributed by atoms with Crippen LogP contribution in [0.5, 0.6) is 0 Å². The average Bonchev–Trinajstić information content (AvgIpc) is 3.17. The van der Waals surface area contributed by atoms with Gasteiger partial charge in [0.15, 0.2) is 11.3 Å². The van der Waals surface area contributed by atoms with E-state index in [0.717, 1.165) is 22.2 Å². The third-order valence-corrected chi connectivity index (χ3v) is 6.00. The summed E-state index contributed by atoms with van der Waals surface area (Å²) in [6.45, 7) is 3.78. The fraction of sp³-hybridized carbons (Fsp3) is 0.227. The molecule has 0 spiro atoms. The molecule has 0 aliphatic carbocycles. The number of H-pyrrole nitrogens is 1. The van der Waals surface area contributed by atoms with Gasteiger partial charge in [-0.2, -0.15) is 0 Å². The first-order valence-corrected chi connectivity index (χ1v) is 9.30. The van der Waals surface area contributed by atoms with Gasteiger partial charge in [-0.1, -0.05) is 18.2 Å². The molecule has 1 aromatic heterocycles. The van der Waals surface area contributed by atoms with Crippen LogP contribution >= 0.6 is 0 Å². The van der Waals surface area contributed by atoms with E-state index in [2.05, 4.69) is 4.98 Å². The highest BCUT2D eigenvalue weighted by molar-refractivity contribution is 6.23. The van der Waals surface area contributed by atoms with E-state index < -0.39 is 5.54 Å². The maximum atomic E-state index is 13.5. The quantitative estimate of drug-likeness (QED) is 0.551. The van der Waals surface area contributed by atoms with Crippen LogP contribution in [0.15, 0.2) is 48.5 Å². The number of hydrogen-bond acceptors (Lipinski definition) is 3. The molecule has 6 heteroatoms. The summed E-state index contributed by atoms with van der Waals surface area (Å²) in [6.07, 6.45) is 0.699. The lowest BCUT2D eigenvalue weighted by atomic mass is 9.87. The minimum Gasteiger partial charge on any atom is -0.356 e. The van der Waals surface area contributed by atoms with Crippen molar-refractivity contribution in [3.05, 3.63) is 65.4 Å². The maximum Gasteiger partial charge on any atom is 0.332 e. The summed E-state index contributed by atoms with van der Waals surface area (Å²) in [6, 6.07) is 14.2. The van der Waals surface area contributed by atoms with Gasteiger partial charge < -0.3 is 9.88 Å². The fourth-order valence-electron chi connectivity index (χ4n) is 4.46. The molecular formula is C22H19N3O3. The van der Waals surface area contributed by atoms with Gasteiger partial charge in [-0.25, -0.2) is 9.69 Å². The molecule has 1 N–H and O–H groups in total. The number of hydrogen-bond donors (Lipinski definition) is 1. The number of Topliss-reactive ketones (excluding diaryl/α,β-unsaturated/α-hetero) is 1. The van der Waals surface area contributed by atoms with E-state index in [9.17, 15) is 14.4 Å². The van der Waals surface area contributed by atoms with Crippen LogP contribution in [0.1, 0.15) is 35.5 Å². The maximum absolute atomic E-state index is 13.5. The third-order valence-electron chi connectivity index (χ3n) is 6.00. The highest BCUT2D eigenvalue weighted by Gasteiger charge is 2.58. The molecule has 6 nitrogen and oxygen atoms in total. The second-order valence-corrected chi connectivity index (χ2v) is 7.52. The fourth-order valence-corrected chi connectivity index (χ4v) is 4.46. The molecular weight excluding hydrogens is 354 g/mol. The molecule has 3 heterocycles. The highest BCUT2D eigenvalue weighted by Crippen LogP contribution is 2.45. The number of rotatable bonds is 2. The Labute approximate surface area is 161 Å². The first-order valence-electron chi connectivity index (χ1n) is 9.30. The molecule has 5 rings (SSSR count). The van der Waals surface area contributed by atoms with Crippen LogP contribution in [-0.2, 0) is 16.8 Å². The molecule has 0 bridgehead atoms. The van der Waals surface area contributed by atoms with Gasteiger partial charge >= 0.3 is 6.03 Å². The molecule has 2 aliphatic rings. The summed E-state index contributed by atoms with van der Waals surface area (Å²) in [5.41, 5.74) is 2.83. The Kier molecular flexibility index (Phi) is 3.32. The van der Waals surface area contributed by atoms with Gasteiger partial charge in [0.1, 0.15) is 0 Å². The molecule has 2 aliphatic heterocycles. The lowest BCUT2D eigenvalue weighted by molar-refractivity contribution is -0.125. The Hall–Kier alpha value is -3.41. The van der Waals surface area contributed by atoms with E-state index in [1.165, 1.54) is 11.8 Å². The number of aromatic amines is 1. The summed E-state index contributed by atoms with van der Waals surface area (Å²) in [7, 11) is 0. The smallest absolute Gasteiger partial charge is 0.332 e. The van der Waals surface area contributed by atoms with Crippen molar-refractivity contribution in [3.63, 3.8) is 0 Å². The molecule has 1 fully saturated rings. The van der Waals surface area contributed by atoms with Gasteiger partial charge in [0, 0.05) is 23.0 Å². The van der Waals surface area contributed by atoms with Crippen molar-refractivity contribution in [1.82, 2.24) is 9.88 Å². The lowest BCUT2D eigenvalue weighted by Gasteiger charge is -2.35. The second kappa shape index (κ2) is 5.55. The van der Waals surface area contributed by atoms with E-state index in [-0.39, 0.29) is 17.7 Å². The number of amides is 3. The molecule has 3 aromatic rings. The molecule has 140 valence electrons. The summed E-state index contributed by atoms with van der Waals surface area (Å²) >= 11 is 0. The lowest BCUT2D eigenvalue weighted by Crippen LogP contribution is -2.49. The number of urea groups is 1. The molecule has 1 saturated heterocycles. The van der Waals surface area contributed by atoms with E-state index in [4.69, 9.17) is 0 Å². The van der Waals surface area contributed by atoms with E-state index in [1.807, 2.05) is 31.2 Å². The Morgan fingerprint density at radius 1 is 1.07 bits per heavy atom. The number of para-hydroxylation sites is 1. The van der Waals surface area contributed by atoms with Crippen LogP contribution < -0.4 is 4.90 Å². The number of anilines is 1. The minimum absolute atomic E-state index is 0.0577. The van der Waals surface area contributed by atoms with Gasteiger partial charge in [-0.05, 0) is 56.2 Å². The summed E-state index contributed by atoms with van der Waals surface area (Å²) < 4.78 is 0. The average molecular weight is 373 g/mol. The van der Waals surface area contributed by atoms with Crippen LogP contribution in [0.4, 0.5) is 10.5 Å². The number of fused-ring (bicyclic) bond motifs is 5. The molecule has 2 aromatic carbocycles. The number of imide groups is 1. The van der Waals surface area contributed by atoms with Crippen molar-refractivity contribution in [1.29, 1.82) is 0 Å². The number of carbonyl (C=O) groups excluding carboxylic acids is 3. The van der Waals surface area contributed by atoms with Crippen LogP contribution in [-0.4, -0.2) is 34.2 Å². The zero-order valence-corrected chi connectivity index (χ0v) is 15.7. The van der Waals surface area contributed by atoms with Gasteiger partial charge in [-0.3, -0.25) is 9.59 Å². The zero-order valence-electron chi connectivity index (χ0n) is 15.7.